The van der Waals surface area contributed by atoms with Crippen molar-refractivity contribution in [3.05, 3.63) is 24.3 Å². The van der Waals surface area contributed by atoms with E-state index in [0.717, 1.165) is 30.2 Å². The second kappa shape index (κ2) is 4.84. The van der Waals surface area contributed by atoms with E-state index in [1.165, 1.54) is 6.42 Å². The summed E-state index contributed by atoms with van der Waals surface area (Å²) in [5.41, 5.74) is 3.17. The maximum absolute atomic E-state index is 4.22. The lowest BCUT2D eigenvalue weighted by molar-refractivity contribution is 0.281. The van der Waals surface area contributed by atoms with Gasteiger partial charge in [-0.15, -0.1) is 0 Å². The molecule has 1 N–H and O–H groups in total. The Morgan fingerprint density at radius 1 is 1.50 bits per heavy atom. The molecule has 1 aromatic rings. The van der Waals surface area contributed by atoms with Crippen molar-refractivity contribution >= 4 is 5.70 Å². The van der Waals surface area contributed by atoms with Gasteiger partial charge in [-0.1, -0.05) is 20.4 Å². The first-order valence-corrected chi connectivity index (χ1v) is 5.23. The number of hydrogen-bond acceptors (Lipinski definition) is 2. The predicted molar refractivity (Wildman–Crippen MR) is 59.9 cm³/mol. The van der Waals surface area contributed by atoms with Crippen molar-refractivity contribution in [1.29, 1.82) is 0 Å². The third kappa shape index (κ3) is 1.97. The van der Waals surface area contributed by atoms with Gasteiger partial charge in [-0.2, -0.15) is 0 Å². The molecule has 14 heavy (non-hydrogen) atoms. The summed E-state index contributed by atoms with van der Waals surface area (Å²) >= 11 is 0. The van der Waals surface area contributed by atoms with Crippen LogP contribution in [0.5, 0.6) is 0 Å². The summed E-state index contributed by atoms with van der Waals surface area (Å²) in [4.78, 5) is 9.53. The van der Waals surface area contributed by atoms with Crippen LogP contribution in [0.25, 0.3) is 5.70 Å². The van der Waals surface area contributed by atoms with Crippen molar-refractivity contribution < 1.29 is 0 Å². The maximum Gasteiger partial charge on any atom is 0.106 e. The van der Waals surface area contributed by atoms with Crippen molar-refractivity contribution in [3.63, 3.8) is 0 Å². The summed E-state index contributed by atoms with van der Waals surface area (Å²) in [5.74, 6) is 0. The molecule has 0 amide bonds. The molecule has 0 unspecified atom stereocenters. The molecule has 0 aromatic carbocycles. The summed E-state index contributed by atoms with van der Waals surface area (Å²) in [6, 6.07) is 0. The molecule has 0 saturated carbocycles. The Bertz CT molecular complexity index is 297. The predicted octanol–water partition coefficient (Wildman–Crippen LogP) is 2.42. The van der Waals surface area contributed by atoms with E-state index in [2.05, 4.69) is 21.4 Å². The van der Waals surface area contributed by atoms with E-state index in [0.29, 0.717) is 0 Å². The normalized spacial score (nSPS) is 14.1. The van der Waals surface area contributed by atoms with E-state index in [-0.39, 0.29) is 0 Å². The summed E-state index contributed by atoms with van der Waals surface area (Å²) in [5, 5.41) is 0. The summed E-state index contributed by atoms with van der Waals surface area (Å²) < 4.78 is 0. The lowest BCUT2D eigenvalue weighted by Crippen LogP contribution is -2.35. The highest BCUT2D eigenvalue weighted by molar-refractivity contribution is 5.60. The van der Waals surface area contributed by atoms with Crippen LogP contribution in [0.4, 0.5) is 0 Å². The molecular weight excluding hydrogens is 174 g/mol. The van der Waals surface area contributed by atoms with E-state index < -0.39 is 0 Å². The molecule has 1 aliphatic rings. The van der Waals surface area contributed by atoms with Gasteiger partial charge >= 0.3 is 0 Å². The molecule has 0 bridgehead atoms. The quantitative estimate of drug-likeness (QED) is 0.782. The lowest BCUT2D eigenvalue weighted by atomic mass is 10.1. The van der Waals surface area contributed by atoms with Crippen LogP contribution in [0, 0.1) is 6.92 Å². The number of H-pyrrole nitrogens is 1. The number of aryl methyl sites for hydroxylation is 1. The van der Waals surface area contributed by atoms with Crippen LogP contribution in [0.3, 0.4) is 0 Å². The molecule has 0 radical (unpaired) electrons. The van der Waals surface area contributed by atoms with Crippen molar-refractivity contribution in [3.8, 4) is 0 Å². The van der Waals surface area contributed by atoms with Gasteiger partial charge in [0.25, 0.3) is 0 Å². The number of nitrogens with zero attached hydrogens (tertiary/aromatic N) is 2. The lowest BCUT2D eigenvalue weighted by Gasteiger charge is -2.34. The van der Waals surface area contributed by atoms with Crippen LogP contribution < -0.4 is 0 Å². The number of aromatic amines is 1. The fourth-order valence-corrected chi connectivity index (χ4v) is 1.39. The maximum atomic E-state index is 4.22. The van der Waals surface area contributed by atoms with E-state index >= 15 is 0 Å². The highest BCUT2D eigenvalue weighted by Gasteiger charge is 2.18. The van der Waals surface area contributed by atoms with E-state index in [9.17, 15) is 0 Å². The van der Waals surface area contributed by atoms with Gasteiger partial charge in [0.05, 0.1) is 12.0 Å². The number of likely N-dealkylation sites (tertiary alicyclic amines) is 1. The van der Waals surface area contributed by atoms with Crippen LogP contribution in [0.15, 0.2) is 12.9 Å². The number of hydrogen-bond donors (Lipinski definition) is 1. The third-order valence-electron chi connectivity index (χ3n) is 2.34. The number of aromatic nitrogens is 2. The Hall–Kier alpha value is -1.25. The molecule has 1 aromatic heterocycles. The average Bonchev–Trinajstić information content (AvgIpc) is 2.52. The Morgan fingerprint density at radius 3 is 2.50 bits per heavy atom. The minimum Gasteiger partial charge on any atom is -0.370 e. The Kier molecular flexibility index (Phi) is 3.74. The van der Waals surface area contributed by atoms with Crippen LogP contribution in [-0.4, -0.2) is 28.0 Å². The van der Waals surface area contributed by atoms with Crippen molar-refractivity contribution in [2.45, 2.75) is 27.2 Å². The molecule has 0 atom stereocenters. The zero-order chi connectivity index (χ0) is 10.6. The van der Waals surface area contributed by atoms with E-state index in [1.54, 1.807) is 6.33 Å². The summed E-state index contributed by atoms with van der Waals surface area (Å²) in [6.07, 6.45) is 3.00. The van der Waals surface area contributed by atoms with Crippen LogP contribution in [-0.2, 0) is 0 Å². The first-order valence-electron chi connectivity index (χ1n) is 5.23. The highest BCUT2D eigenvalue weighted by atomic mass is 15.2. The number of rotatable bonds is 2. The van der Waals surface area contributed by atoms with Gasteiger partial charge in [-0.25, -0.2) is 4.98 Å². The zero-order valence-corrected chi connectivity index (χ0v) is 9.30. The fraction of sp³-hybridized carbons (Fsp3) is 0.545. The third-order valence-corrected chi connectivity index (χ3v) is 2.34. The van der Waals surface area contributed by atoms with Gasteiger partial charge in [0.2, 0.25) is 0 Å². The molecule has 2 rings (SSSR count). The van der Waals surface area contributed by atoms with E-state index in [1.807, 2.05) is 20.8 Å². The molecule has 0 aliphatic carbocycles. The Balaban J connectivity index is 0.000000461. The van der Waals surface area contributed by atoms with Crippen molar-refractivity contribution in [2.75, 3.05) is 13.1 Å². The van der Waals surface area contributed by atoms with Gasteiger partial charge in [0.15, 0.2) is 0 Å². The fourth-order valence-electron chi connectivity index (χ4n) is 1.39. The molecule has 1 aliphatic heterocycles. The van der Waals surface area contributed by atoms with Crippen LogP contribution in [0.1, 0.15) is 31.7 Å². The number of imidazole rings is 1. The Morgan fingerprint density at radius 2 is 2.14 bits per heavy atom. The van der Waals surface area contributed by atoms with Crippen LogP contribution in [0.2, 0.25) is 0 Å². The van der Waals surface area contributed by atoms with Crippen LogP contribution >= 0.6 is 0 Å². The second-order valence-electron chi connectivity index (χ2n) is 3.16. The molecule has 3 heteroatoms. The zero-order valence-electron chi connectivity index (χ0n) is 9.30. The van der Waals surface area contributed by atoms with Crippen molar-refractivity contribution in [2.24, 2.45) is 0 Å². The second-order valence-corrected chi connectivity index (χ2v) is 3.16. The molecular formula is C11H19N3. The van der Waals surface area contributed by atoms with Gasteiger partial charge in [0, 0.05) is 18.8 Å². The van der Waals surface area contributed by atoms with Gasteiger partial charge in [-0.3, -0.25) is 0 Å². The monoisotopic (exact) mass is 193 g/mol. The van der Waals surface area contributed by atoms with Gasteiger partial charge in [0.1, 0.15) is 5.69 Å². The largest absolute Gasteiger partial charge is 0.370 e. The number of nitrogens with one attached hydrogen (secondary N) is 1. The average molecular weight is 193 g/mol. The molecule has 78 valence electrons. The molecule has 1 saturated heterocycles. The minimum atomic E-state index is 1.01. The van der Waals surface area contributed by atoms with Gasteiger partial charge < -0.3 is 9.88 Å². The molecule has 2 heterocycles. The smallest absolute Gasteiger partial charge is 0.106 e. The SMILES string of the molecule is C=C(c1nc[nH]c1C)N1CCC1.CC. The Labute approximate surface area is 85.8 Å². The molecule has 0 spiro atoms. The topological polar surface area (TPSA) is 31.9 Å². The van der Waals surface area contributed by atoms with E-state index in [4.69, 9.17) is 0 Å². The molecule has 3 nitrogen and oxygen atoms in total. The summed E-state index contributed by atoms with van der Waals surface area (Å²) in [7, 11) is 0. The first-order chi connectivity index (χ1) is 6.79. The standard InChI is InChI=1S/C9H13N3.C2H6/c1-7-9(11-6-10-7)8(2)12-4-3-5-12;1-2/h6H,2-5H2,1H3,(H,10,11);1-2H3. The van der Waals surface area contributed by atoms with Gasteiger partial charge in [-0.05, 0) is 13.3 Å². The summed E-state index contributed by atoms with van der Waals surface area (Å²) in [6.45, 7) is 12.3. The first kappa shape index (κ1) is 10.8. The van der Waals surface area contributed by atoms with Crippen molar-refractivity contribution in [1.82, 2.24) is 14.9 Å². The minimum absolute atomic E-state index is 1.01. The highest BCUT2D eigenvalue weighted by Crippen LogP contribution is 2.22. The molecule has 1 fully saturated rings.